The molecule has 1 amide bonds. The van der Waals surface area contributed by atoms with E-state index in [1.54, 1.807) is 6.07 Å². The molecule has 1 fully saturated rings. The Hall–Kier alpha value is -3.23. The van der Waals surface area contributed by atoms with Gasteiger partial charge in [-0.2, -0.15) is 0 Å². The van der Waals surface area contributed by atoms with Gasteiger partial charge < -0.3 is 26.0 Å². The highest BCUT2D eigenvalue weighted by molar-refractivity contribution is 7.80. The largest absolute Gasteiger partial charge is 0.380 e. The molecular formula is C23H25N5O2S. The Balaban J connectivity index is 1.48. The Kier molecular flexibility index (Phi) is 6.59. The topological polar surface area (TPSA) is 92.5 Å². The van der Waals surface area contributed by atoms with E-state index in [9.17, 15) is 4.79 Å². The summed E-state index contributed by atoms with van der Waals surface area (Å²) in [6.45, 7) is 3.84. The van der Waals surface area contributed by atoms with Crippen LogP contribution in [0.5, 0.6) is 0 Å². The monoisotopic (exact) mass is 435 g/mol. The third-order valence-corrected chi connectivity index (χ3v) is 5.36. The van der Waals surface area contributed by atoms with Crippen LogP contribution in [-0.4, -0.2) is 37.2 Å². The molecule has 0 radical (unpaired) electrons. The molecule has 0 spiro atoms. The predicted molar refractivity (Wildman–Crippen MR) is 127 cm³/mol. The minimum atomic E-state index is -0.528. The van der Waals surface area contributed by atoms with E-state index in [2.05, 4.69) is 45.3 Å². The number of aromatic nitrogens is 1. The van der Waals surface area contributed by atoms with E-state index >= 15 is 0 Å². The fourth-order valence-electron chi connectivity index (χ4n) is 3.46. The molecule has 1 aromatic heterocycles. The molecule has 31 heavy (non-hydrogen) atoms. The molecular weight excluding hydrogens is 410 g/mol. The number of amides is 1. The number of hydrogen-bond donors (Lipinski definition) is 4. The molecule has 7 nitrogen and oxygen atoms in total. The van der Waals surface area contributed by atoms with E-state index in [1.807, 2.05) is 36.4 Å². The van der Waals surface area contributed by atoms with Gasteiger partial charge >= 0.3 is 0 Å². The Morgan fingerprint density at radius 2 is 1.90 bits per heavy atom. The first-order valence-corrected chi connectivity index (χ1v) is 10.5. The minimum Gasteiger partial charge on any atom is -0.380 e. The van der Waals surface area contributed by atoms with Crippen LogP contribution < -0.4 is 21.3 Å². The van der Waals surface area contributed by atoms with Crippen molar-refractivity contribution in [2.75, 3.05) is 41.8 Å². The molecule has 0 atom stereocenters. The lowest BCUT2D eigenvalue weighted by Crippen LogP contribution is -2.36. The second kappa shape index (κ2) is 9.72. The molecule has 1 aliphatic heterocycles. The number of morpholine rings is 1. The maximum atomic E-state index is 11.8. The number of ether oxygens (including phenoxy) is 1. The molecule has 1 aliphatic rings. The number of thiol groups is 1. The van der Waals surface area contributed by atoms with Crippen molar-refractivity contribution in [3.8, 4) is 0 Å². The summed E-state index contributed by atoms with van der Waals surface area (Å²) in [7, 11) is 0. The molecule has 1 saturated heterocycles. The smallest absolute Gasteiger partial charge is 0.252 e. The molecule has 4 N–H and O–H groups in total. The fraction of sp³-hybridized carbons (Fsp3) is 0.217. The van der Waals surface area contributed by atoms with Gasteiger partial charge in [-0.3, -0.25) is 4.79 Å². The Bertz CT molecular complexity index is 1050. The Morgan fingerprint density at radius 3 is 2.61 bits per heavy atom. The number of pyridine rings is 1. The maximum Gasteiger partial charge on any atom is 0.252 e. The predicted octanol–water partition coefficient (Wildman–Crippen LogP) is 3.66. The minimum absolute atomic E-state index is 0.343. The van der Waals surface area contributed by atoms with Gasteiger partial charge in [-0.1, -0.05) is 12.1 Å². The first-order valence-electron chi connectivity index (χ1n) is 10.1. The van der Waals surface area contributed by atoms with E-state index in [-0.39, 0.29) is 0 Å². The zero-order valence-electron chi connectivity index (χ0n) is 17.0. The van der Waals surface area contributed by atoms with Crippen LogP contribution in [0.1, 0.15) is 15.9 Å². The maximum absolute atomic E-state index is 11.8. The number of nitrogens with one attached hydrogen (secondary N) is 2. The number of nitrogens with zero attached hydrogens (tertiary/aromatic N) is 2. The number of anilines is 4. The van der Waals surface area contributed by atoms with Gasteiger partial charge in [0.1, 0.15) is 5.82 Å². The van der Waals surface area contributed by atoms with Crippen LogP contribution in [0, 0.1) is 0 Å². The average molecular weight is 436 g/mol. The Labute approximate surface area is 187 Å². The van der Waals surface area contributed by atoms with Crippen LogP contribution in [0.4, 0.5) is 22.9 Å². The van der Waals surface area contributed by atoms with Crippen molar-refractivity contribution in [1.82, 2.24) is 4.98 Å². The van der Waals surface area contributed by atoms with Crippen LogP contribution in [0.15, 0.2) is 65.7 Å². The van der Waals surface area contributed by atoms with E-state index < -0.39 is 5.91 Å². The summed E-state index contributed by atoms with van der Waals surface area (Å²) in [5.41, 5.74) is 9.62. The number of primary amides is 1. The normalized spacial score (nSPS) is 13.6. The summed E-state index contributed by atoms with van der Waals surface area (Å²) in [6, 6.07) is 17.8. The van der Waals surface area contributed by atoms with Gasteiger partial charge in [-0.15, -0.1) is 12.6 Å². The highest BCUT2D eigenvalue weighted by Crippen LogP contribution is 2.24. The lowest BCUT2D eigenvalue weighted by Gasteiger charge is -2.28. The standard InChI is InChI=1S/C23H25N5O2S/c24-23(29)20-15-26-22(13-21(20)25-14-16-2-1-3-19(31)12-16)27-17-4-6-18(7-5-17)28-8-10-30-11-9-28/h1-7,12-13,15,31H,8-11,14H2,(H2,24,29)(H2,25,26,27). The third kappa shape index (κ3) is 5.48. The van der Waals surface area contributed by atoms with Gasteiger partial charge in [0.15, 0.2) is 0 Å². The van der Waals surface area contributed by atoms with Crippen molar-refractivity contribution >= 4 is 41.4 Å². The molecule has 8 heteroatoms. The SMILES string of the molecule is NC(=O)c1cnc(Nc2ccc(N3CCOCC3)cc2)cc1NCc1cccc(S)c1. The van der Waals surface area contributed by atoms with E-state index in [0.29, 0.717) is 23.6 Å². The summed E-state index contributed by atoms with van der Waals surface area (Å²) in [5, 5.41) is 6.57. The quantitative estimate of drug-likeness (QED) is 0.423. The molecule has 0 aliphatic carbocycles. The number of benzene rings is 2. The summed E-state index contributed by atoms with van der Waals surface area (Å²) >= 11 is 4.37. The van der Waals surface area contributed by atoms with Crippen LogP contribution in [0.2, 0.25) is 0 Å². The zero-order valence-corrected chi connectivity index (χ0v) is 17.9. The van der Waals surface area contributed by atoms with Crippen LogP contribution in [-0.2, 0) is 11.3 Å². The van der Waals surface area contributed by atoms with Crippen molar-refractivity contribution in [1.29, 1.82) is 0 Å². The molecule has 160 valence electrons. The average Bonchev–Trinajstić information content (AvgIpc) is 2.79. The van der Waals surface area contributed by atoms with Gasteiger partial charge in [0.2, 0.25) is 0 Å². The van der Waals surface area contributed by atoms with E-state index in [1.165, 1.54) is 11.9 Å². The fourth-order valence-corrected chi connectivity index (χ4v) is 3.71. The van der Waals surface area contributed by atoms with E-state index in [4.69, 9.17) is 10.5 Å². The number of hydrogen-bond acceptors (Lipinski definition) is 7. The first kappa shape index (κ1) is 21.0. The first-order chi connectivity index (χ1) is 15.1. The highest BCUT2D eigenvalue weighted by Gasteiger charge is 2.12. The van der Waals surface area contributed by atoms with Gasteiger partial charge in [0, 0.05) is 48.2 Å². The van der Waals surface area contributed by atoms with Gasteiger partial charge in [-0.25, -0.2) is 4.98 Å². The molecule has 0 unspecified atom stereocenters. The summed E-state index contributed by atoms with van der Waals surface area (Å²) in [4.78, 5) is 19.4. The van der Waals surface area contributed by atoms with Crippen LogP contribution in [0.3, 0.4) is 0 Å². The molecule has 2 heterocycles. The molecule has 0 saturated carbocycles. The molecule has 3 aromatic rings. The van der Waals surface area contributed by atoms with Crippen molar-refractivity contribution in [3.05, 3.63) is 71.9 Å². The third-order valence-electron chi connectivity index (χ3n) is 5.08. The van der Waals surface area contributed by atoms with Crippen LogP contribution >= 0.6 is 12.6 Å². The van der Waals surface area contributed by atoms with Gasteiger partial charge in [0.05, 0.1) is 24.5 Å². The van der Waals surface area contributed by atoms with Gasteiger partial charge in [-0.05, 0) is 42.0 Å². The summed E-state index contributed by atoms with van der Waals surface area (Å²) < 4.78 is 5.41. The van der Waals surface area contributed by atoms with Crippen molar-refractivity contribution in [2.24, 2.45) is 5.73 Å². The molecule has 0 bridgehead atoms. The zero-order chi connectivity index (χ0) is 21.6. The molecule has 4 rings (SSSR count). The number of carbonyl (C=O) groups excluding carboxylic acids is 1. The van der Waals surface area contributed by atoms with Crippen LogP contribution in [0.25, 0.3) is 0 Å². The lowest BCUT2D eigenvalue weighted by molar-refractivity contribution is 0.100. The van der Waals surface area contributed by atoms with Crippen molar-refractivity contribution in [3.63, 3.8) is 0 Å². The number of rotatable bonds is 7. The molecule has 2 aromatic carbocycles. The second-order valence-corrected chi connectivity index (χ2v) is 7.79. The lowest BCUT2D eigenvalue weighted by atomic mass is 10.2. The summed E-state index contributed by atoms with van der Waals surface area (Å²) in [6.07, 6.45) is 1.49. The highest BCUT2D eigenvalue weighted by atomic mass is 32.1. The van der Waals surface area contributed by atoms with Crippen molar-refractivity contribution < 1.29 is 9.53 Å². The van der Waals surface area contributed by atoms with Gasteiger partial charge in [0.25, 0.3) is 5.91 Å². The second-order valence-electron chi connectivity index (χ2n) is 7.27. The number of nitrogens with two attached hydrogens (primary N) is 1. The summed E-state index contributed by atoms with van der Waals surface area (Å²) in [5.74, 6) is 0.0916. The van der Waals surface area contributed by atoms with Crippen molar-refractivity contribution in [2.45, 2.75) is 11.4 Å². The van der Waals surface area contributed by atoms with E-state index in [0.717, 1.165) is 42.4 Å². The number of carbonyl (C=O) groups is 1. The Morgan fingerprint density at radius 1 is 1.13 bits per heavy atom.